The number of hydrogen-bond donors (Lipinski definition) is 1. The van der Waals surface area contributed by atoms with Crippen molar-refractivity contribution in [2.45, 2.75) is 25.8 Å². The average Bonchev–Trinajstić information content (AvgIpc) is 2.79. The lowest BCUT2D eigenvalue weighted by Gasteiger charge is -2.09. The SMILES string of the molecule is C[C@@H]1C[C@H]1c1ccc(CNCCN(C)C)o1. The molecule has 3 heteroatoms. The first kappa shape index (κ1) is 11.7. The van der Waals surface area contributed by atoms with Gasteiger partial charge in [-0.05, 0) is 38.6 Å². The molecular formula is C13H22N2O. The van der Waals surface area contributed by atoms with Crippen LogP contribution < -0.4 is 5.32 Å². The van der Waals surface area contributed by atoms with Gasteiger partial charge in [-0.25, -0.2) is 0 Å². The Balaban J connectivity index is 1.71. The molecule has 1 aromatic heterocycles. The maximum atomic E-state index is 5.81. The van der Waals surface area contributed by atoms with Crippen molar-refractivity contribution in [1.82, 2.24) is 10.2 Å². The van der Waals surface area contributed by atoms with E-state index in [9.17, 15) is 0 Å². The Morgan fingerprint density at radius 2 is 2.19 bits per heavy atom. The summed E-state index contributed by atoms with van der Waals surface area (Å²) in [7, 11) is 4.17. The second kappa shape index (κ2) is 5.02. The van der Waals surface area contributed by atoms with Crippen LogP contribution in [0.3, 0.4) is 0 Å². The van der Waals surface area contributed by atoms with Gasteiger partial charge < -0.3 is 14.6 Å². The number of rotatable bonds is 6. The molecule has 1 heterocycles. The molecule has 1 N–H and O–H groups in total. The lowest BCUT2D eigenvalue weighted by Crippen LogP contribution is -2.26. The third-order valence-corrected chi connectivity index (χ3v) is 3.19. The van der Waals surface area contributed by atoms with Crippen LogP contribution in [-0.4, -0.2) is 32.1 Å². The summed E-state index contributed by atoms with van der Waals surface area (Å²) in [6.07, 6.45) is 1.29. The molecule has 2 atom stereocenters. The standard InChI is InChI=1S/C13H22N2O/c1-10-8-12(10)13-5-4-11(16-13)9-14-6-7-15(2)3/h4-5,10,12,14H,6-9H2,1-3H3/t10-,12-/m1/s1. The molecule has 1 saturated carbocycles. The van der Waals surface area contributed by atoms with E-state index < -0.39 is 0 Å². The van der Waals surface area contributed by atoms with Crippen LogP contribution in [0.2, 0.25) is 0 Å². The van der Waals surface area contributed by atoms with E-state index in [1.54, 1.807) is 0 Å². The van der Waals surface area contributed by atoms with Crippen molar-refractivity contribution in [3.8, 4) is 0 Å². The fraction of sp³-hybridized carbons (Fsp3) is 0.692. The lowest BCUT2D eigenvalue weighted by atomic mass is 10.3. The molecule has 1 aliphatic rings. The number of nitrogens with zero attached hydrogens (tertiary/aromatic N) is 1. The zero-order chi connectivity index (χ0) is 11.5. The van der Waals surface area contributed by atoms with Crippen LogP contribution in [0, 0.1) is 5.92 Å². The number of nitrogens with one attached hydrogen (secondary N) is 1. The molecule has 1 aromatic rings. The smallest absolute Gasteiger partial charge is 0.117 e. The van der Waals surface area contributed by atoms with Gasteiger partial charge in [-0.3, -0.25) is 0 Å². The Morgan fingerprint density at radius 1 is 1.44 bits per heavy atom. The molecule has 90 valence electrons. The number of hydrogen-bond acceptors (Lipinski definition) is 3. The molecule has 0 saturated heterocycles. The van der Waals surface area contributed by atoms with Crippen molar-refractivity contribution in [1.29, 1.82) is 0 Å². The highest BCUT2D eigenvalue weighted by molar-refractivity contribution is 5.17. The third kappa shape index (κ3) is 3.09. The molecule has 0 aliphatic heterocycles. The molecule has 2 rings (SSSR count). The summed E-state index contributed by atoms with van der Waals surface area (Å²) >= 11 is 0. The van der Waals surface area contributed by atoms with Crippen LogP contribution in [0.25, 0.3) is 0 Å². The van der Waals surface area contributed by atoms with E-state index in [1.807, 2.05) is 0 Å². The topological polar surface area (TPSA) is 28.4 Å². The van der Waals surface area contributed by atoms with Crippen LogP contribution in [0.15, 0.2) is 16.5 Å². The molecule has 1 fully saturated rings. The van der Waals surface area contributed by atoms with Crippen molar-refractivity contribution >= 4 is 0 Å². The summed E-state index contributed by atoms with van der Waals surface area (Å²) in [5.74, 6) is 3.75. The zero-order valence-electron chi connectivity index (χ0n) is 10.5. The van der Waals surface area contributed by atoms with E-state index in [-0.39, 0.29) is 0 Å². The second-order valence-corrected chi connectivity index (χ2v) is 5.10. The molecule has 1 aliphatic carbocycles. The minimum atomic E-state index is 0.690. The zero-order valence-corrected chi connectivity index (χ0v) is 10.5. The van der Waals surface area contributed by atoms with E-state index in [0.29, 0.717) is 5.92 Å². The van der Waals surface area contributed by atoms with Gasteiger partial charge >= 0.3 is 0 Å². The van der Waals surface area contributed by atoms with Crippen molar-refractivity contribution < 1.29 is 4.42 Å². The summed E-state index contributed by atoms with van der Waals surface area (Å²) in [4.78, 5) is 2.17. The predicted octanol–water partition coefficient (Wildman–Crippen LogP) is 2.05. The Morgan fingerprint density at radius 3 is 2.81 bits per heavy atom. The van der Waals surface area contributed by atoms with Gasteiger partial charge in [0.25, 0.3) is 0 Å². The van der Waals surface area contributed by atoms with E-state index in [1.165, 1.54) is 12.2 Å². The molecule has 0 spiro atoms. The number of likely N-dealkylation sites (N-methyl/N-ethyl adjacent to an activating group) is 1. The quantitative estimate of drug-likeness (QED) is 0.747. The Hall–Kier alpha value is -0.800. The summed E-state index contributed by atoms with van der Waals surface area (Å²) in [5.41, 5.74) is 0. The summed E-state index contributed by atoms with van der Waals surface area (Å²) in [6.45, 7) is 5.19. The highest BCUT2D eigenvalue weighted by Gasteiger charge is 2.36. The fourth-order valence-electron chi connectivity index (χ4n) is 1.92. The largest absolute Gasteiger partial charge is 0.464 e. The molecule has 16 heavy (non-hydrogen) atoms. The highest BCUT2D eigenvalue weighted by atomic mass is 16.3. The normalized spacial score (nSPS) is 24.0. The first-order valence-corrected chi connectivity index (χ1v) is 6.11. The monoisotopic (exact) mass is 222 g/mol. The Kier molecular flexibility index (Phi) is 3.66. The highest BCUT2D eigenvalue weighted by Crippen LogP contribution is 2.47. The molecule has 0 radical (unpaired) electrons. The Labute approximate surface area is 97.8 Å². The first-order chi connectivity index (χ1) is 7.66. The van der Waals surface area contributed by atoms with Crippen molar-refractivity contribution in [2.75, 3.05) is 27.2 Å². The third-order valence-electron chi connectivity index (χ3n) is 3.19. The van der Waals surface area contributed by atoms with Gasteiger partial charge in [0.15, 0.2) is 0 Å². The number of furan rings is 1. The van der Waals surface area contributed by atoms with E-state index in [0.717, 1.165) is 31.3 Å². The van der Waals surface area contributed by atoms with E-state index in [2.05, 4.69) is 43.4 Å². The van der Waals surface area contributed by atoms with Gasteiger partial charge in [0.05, 0.1) is 6.54 Å². The van der Waals surface area contributed by atoms with Crippen molar-refractivity contribution in [3.05, 3.63) is 23.7 Å². The summed E-state index contributed by atoms with van der Waals surface area (Å²) in [6, 6.07) is 4.24. The molecule has 0 amide bonds. The summed E-state index contributed by atoms with van der Waals surface area (Å²) < 4.78 is 5.81. The van der Waals surface area contributed by atoms with E-state index >= 15 is 0 Å². The van der Waals surface area contributed by atoms with Crippen LogP contribution in [0.5, 0.6) is 0 Å². The van der Waals surface area contributed by atoms with E-state index in [4.69, 9.17) is 4.42 Å². The van der Waals surface area contributed by atoms with Gasteiger partial charge in [0.1, 0.15) is 11.5 Å². The Bertz CT molecular complexity index is 332. The predicted molar refractivity (Wildman–Crippen MR) is 65.5 cm³/mol. The van der Waals surface area contributed by atoms with Gasteiger partial charge in [0.2, 0.25) is 0 Å². The minimum absolute atomic E-state index is 0.690. The second-order valence-electron chi connectivity index (χ2n) is 5.10. The van der Waals surface area contributed by atoms with Gasteiger partial charge in [-0.2, -0.15) is 0 Å². The van der Waals surface area contributed by atoms with Gasteiger partial charge in [-0.1, -0.05) is 6.92 Å². The fourth-order valence-corrected chi connectivity index (χ4v) is 1.92. The molecule has 0 aromatic carbocycles. The average molecular weight is 222 g/mol. The maximum absolute atomic E-state index is 5.81. The van der Waals surface area contributed by atoms with Crippen molar-refractivity contribution in [2.24, 2.45) is 5.92 Å². The summed E-state index contributed by atoms with van der Waals surface area (Å²) in [5, 5.41) is 3.38. The maximum Gasteiger partial charge on any atom is 0.117 e. The first-order valence-electron chi connectivity index (χ1n) is 6.11. The molecule has 0 bridgehead atoms. The van der Waals surface area contributed by atoms with Crippen LogP contribution in [0.4, 0.5) is 0 Å². The van der Waals surface area contributed by atoms with Gasteiger partial charge in [0, 0.05) is 19.0 Å². The van der Waals surface area contributed by atoms with Crippen LogP contribution in [-0.2, 0) is 6.54 Å². The molecular weight excluding hydrogens is 200 g/mol. The van der Waals surface area contributed by atoms with Crippen LogP contribution >= 0.6 is 0 Å². The van der Waals surface area contributed by atoms with Crippen LogP contribution in [0.1, 0.15) is 30.8 Å². The minimum Gasteiger partial charge on any atom is -0.464 e. The lowest BCUT2D eigenvalue weighted by molar-refractivity contribution is 0.388. The van der Waals surface area contributed by atoms with Gasteiger partial charge in [-0.15, -0.1) is 0 Å². The molecule has 0 unspecified atom stereocenters. The molecule has 3 nitrogen and oxygen atoms in total. The van der Waals surface area contributed by atoms with Crippen molar-refractivity contribution in [3.63, 3.8) is 0 Å².